The van der Waals surface area contributed by atoms with E-state index in [2.05, 4.69) is 21.7 Å². The maximum Gasteiger partial charge on any atom is 0.0599 e. The monoisotopic (exact) mass is 284 g/mol. The molecule has 0 bridgehead atoms. The highest BCUT2D eigenvalue weighted by Crippen LogP contribution is 2.14. The summed E-state index contributed by atoms with van der Waals surface area (Å²) < 4.78 is 5.86. The van der Waals surface area contributed by atoms with Crippen molar-refractivity contribution in [3.05, 3.63) is 0 Å². The van der Waals surface area contributed by atoms with Crippen LogP contribution in [0.2, 0.25) is 0 Å². The summed E-state index contributed by atoms with van der Waals surface area (Å²) in [6, 6.07) is 0. The zero-order chi connectivity index (χ0) is 14.2. The van der Waals surface area contributed by atoms with E-state index in [-0.39, 0.29) is 0 Å². The molecule has 5 heteroatoms. The van der Waals surface area contributed by atoms with E-state index >= 15 is 0 Å². The van der Waals surface area contributed by atoms with Crippen LogP contribution in [0.15, 0.2) is 0 Å². The van der Waals surface area contributed by atoms with Crippen LogP contribution in [0, 0.1) is 0 Å². The number of hydrogen-bond acceptors (Lipinski definition) is 5. The molecule has 2 heterocycles. The number of piperazine rings is 1. The summed E-state index contributed by atoms with van der Waals surface area (Å²) in [7, 11) is 2.22. The van der Waals surface area contributed by atoms with E-state index in [0.717, 1.165) is 19.6 Å². The van der Waals surface area contributed by atoms with Crippen LogP contribution in [-0.4, -0.2) is 93.4 Å². The summed E-state index contributed by atoms with van der Waals surface area (Å²) in [6.45, 7) is 11.3. The van der Waals surface area contributed by atoms with Crippen molar-refractivity contribution in [2.24, 2.45) is 5.73 Å². The van der Waals surface area contributed by atoms with Gasteiger partial charge in [-0.1, -0.05) is 0 Å². The van der Waals surface area contributed by atoms with Crippen LogP contribution in [0.25, 0.3) is 0 Å². The minimum atomic E-state index is 0.474. The fourth-order valence-corrected chi connectivity index (χ4v) is 2.99. The molecule has 0 amide bonds. The van der Waals surface area contributed by atoms with Crippen molar-refractivity contribution in [1.82, 2.24) is 14.7 Å². The third kappa shape index (κ3) is 5.66. The van der Waals surface area contributed by atoms with Crippen LogP contribution in [-0.2, 0) is 4.74 Å². The van der Waals surface area contributed by atoms with Crippen molar-refractivity contribution in [3.63, 3.8) is 0 Å². The first-order valence-corrected chi connectivity index (χ1v) is 8.23. The smallest absolute Gasteiger partial charge is 0.0599 e. The molecule has 0 aliphatic carbocycles. The average Bonchev–Trinajstić information content (AvgIpc) is 2.48. The molecule has 0 aromatic carbocycles. The summed E-state index contributed by atoms with van der Waals surface area (Å²) in [5.74, 6) is 0. The third-order valence-corrected chi connectivity index (χ3v) is 4.56. The zero-order valence-corrected chi connectivity index (χ0v) is 13.1. The van der Waals surface area contributed by atoms with Crippen molar-refractivity contribution in [3.8, 4) is 0 Å². The summed E-state index contributed by atoms with van der Waals surface area (Å²) >= 11 is 0. The number of piperidine rings is 1. The van der Waals surface area contributed by atoms with Crippen LogP contribution in [0.4, 0.5) is 0 Å². The van der Waals surface area contributed by atoms with Crippen LogP contribution >= 0.6 is 0 Å². The molecule has 5 nitrogen and oxygen atoms in total. The van der Waals surface area contributed by atoms with Gasteiger partial charge in [-0.25, -0.2) is 0 Å². The second-order valence-electron chi connectivity index (χ2n) is 6.20. The van der Waals surface area contributed by atoms with Crippen molar-refractivity contribution < 1.29 is 4.74 Å². The average molecular weight is 284 g/mol. The standard InChI is InChI=1S/C15H32N4O/c1-17-8-10-19(11-9-17)13-12-18-6-3-15(4-7-18)20-14-2-5-16/h15H,2-14,16H2,1H3. The summed E-state index contributed by atoms with van der Waals surface area (Å²) in [4.78, 5) is 7.62. The van der Waals surface area contributed by atoms with Crippen LogP contribution < -0.4 is 5.73 Å². The number of likely N-dealkylation sites (tertiary alicyclic amines) is 1. The first-order chi connectivity index (χ1) is 9.78. The van der Waals surface area contributed by atoms with E-state index in [0.29, 0.717) is 6.10 Å². The molecule has 0 unspecified atom stereocenters. The Labute approximate surface area is 124 Å². The highest BCUT2D eigenvalue weighted by molar-refractivity contribution is 4.75. The molecule has 0 aromatic heterocycles. The Morgan fingerprint density at radius 2 is 1.55 bits per heavy atom. The van der Waals surface area contributed by atoms with Gasteiger partial charge < -0.3 is 20.3 Å². The lowest BCUT2D eigenvalue weighted by atomic mass is 10.1. The van der Waals surface area contributed by atoms with Crippen molar-refractivity contribution in [2.45, 2.75) is 25.4 Å². The van der Waals surface area contributed by atoms with E-state index < -0.39 is 0 Å². The molecule has 0 aromatic rings. The lowest BCUT2D eigenvalue weighted by Crippen LogP contribution is -2.48. The van der Waals surface area contributed by atoms with Gasteiger partial charge in [0.25, 0.3) is 0 Å². The zero-order valence-electron chi connectivity index (χ0n) is 13.1. The summed E-state index contributed by atoms with van der Waals surface area (Å²) in [5.41, 5.74) is 5.49. The minimum absolute atomic E-state index is 0.474. The van der Waals surface area contributed by atoms with Gasteiger partial charge >= 0.3 is 0 Å². The maximum absolute atomic E-state index is 5.86. The van der Waals surface area contributed by atoms with E-state index in [4.69, 9.17) is 10.5 Å². The third-order valence-electron chi connectivity index (χ3n) is 4.56. The normalized spacial score (nSPS) is 24.3. The second kappa shape index (κ2) is 8.95. The van der Waals surface area contributed by atoms with Gasteiger partial charge in [-0.3, -0.25) is 4.90 Å². The lowest BCUT2D eigenvalue weighted by molar-refractivity contribution is 0.00488. The van der Waals surface area contributed by atoms with Gasteiger partial charge in [-0.15, -0.1) is 0 Å². The van der Waals surface area contributed by atoms with Gasteiger partial charge in [0.2, 0.25) is 0 Å². The molecule has 0 spiro atoms. The number of rotatable bonds is 7. The number of nitrogens with zero attached hydrogens (tertiary/aromatic N) is 3. The van der Waals surface area contributed by atoms with E-state index in [9.17, 15) is 0 Å². The number of ether oxygens (including phenoxy) is 1. The van der Waals surface area contributed by atoms with E-state index in [1.807, 2.05) is 0 Å². The Morgan fingerprint density at radius 1 is 0.950 bits per heavy atom. The highest BCUT2D eigenvalue weighted by Gasteiger charge is 2.20. The van der Waals surface area contributed by atoms with Gasteiger partial charge in [0, 0.05) is 59.0 Å². The number of hydrogen-bond donors (Lipinski definition) is 1. The van der Waals surface area contributed by atoms with Gasteiger partial charge in [0.15, 0.2) is 0 Å². The second-order valence-corrected chi connectivity index (χ2v) is 6.20. The van der Waals surface area contributed by atoms with Gasteiger partial charge in [-0.05, 0) is 32.9 Å². The van der Waals surface area contributed by atoms with Crippen molar-refractivity contribution in [2.75, 3.05) is 72.6 Å². The molecule has 118 valence electrons. The fraction of sp³-hybridized carbons (Fsp3) is 1.00. The molecule has 2 rings (SSSR count). The summed E-state index contributed by atoms with van der Waals surface area (Å²) in [6.07, 6.45) is 3.84. The predicted octanol–water partition coefficient (Wildman–Crippen LogP) is 0.0636. The first kappa shape index (κ1) is 16.2. The predicted molar refractivity (Wildman–Crippen MR) is 83.0 cm³/mol. The molecule has 2 saturated heterocycles. The first-order valence-electron chi connectivity index (χ1n) is 8.23. The topological polar surface area (TPSA) is 45.0 Å². The molecular weight excluding hydrogens is 252 g/mol. The molecule has 0 atom stereocenters. The van der Waals surface area contributed by atoms with Crippen LogP contribution in [0.5, 0.6) is 0 Å². The Balaban J connectivity index is 1.53. The largest absolute Gasteiger partial charge is 0.378 e. The Hall–Kier alpha value is -0.200. The number of nitrogens with two attached hydrogens (primary N) is 1. The Morgan fingerprint density at radius 3 is 2.15 bits per heavy atom. The van der Waals surface area contributed by atoms with Crippen molar-refractivity contribution in [1.29, 1.82) is 0 Å². The Bertz CT molecular complexity index is 248. The Kier molecular flexibility index (Phi) is 7.24. The highest BCUT2D eigenvalue weighted by atomic mass is 16.5. The molecule has 2 aliphatic rings. The van der Waals surface area contributed by atoms with E-state index in [1.165, 1.54) is 65.2 Å². The van der Waals surface area contributed by atoms with Gasteiger partial charge in [0.05, 0.1) is 6.10 Å². The van der Waals surface area contributed by atoms with Gasteiger partial charge in [-0.2, -0.15) is 0 Å². The van der Waals surface area contributed by atoms with Crippen molar-refractivity contribution >= 4 is 0 Å². The van der Waals surface area contributed by atoms with Gasteiger partial charge in [0.1, 0.15) is 0 Å². The number of likely N-dealkylation sites (N-methyl/N-ethyl adjacent to an activating group) is 1. The SMILES string of the molecule is CN1CCN(CCN2CCC(OCCCN)CC2)CC1. The molecule has 2 N–H and O–H groups in total. The lowest BCUT2D eigenvalue weighted by Gasteiger charge is -2.36. The molecule has 20 heavy (non-hydrogen) atoms. The molecular formula is C15H32N4O. The van der Waals surface area contributed by atoms with E-state index in [1.54, 1.807) is 0 Å². The molecule has 0 saturated carbocycles. The van der Waals surface area contributed by atoms with Crippen LogP contribution in [0.3, 0.4) is 0 Å². The minimum Gasteiger partial charge on any atom is -0.378 e. The van der Waals surface area contributed by atoms with Crippen LogP contribution in [0.1, 0.15) is 19.3 Å². The molecule has 2 aliphatic heterocycles. The molecule has 0 radical (unpaired) electrons. The summed E-state index contributed by atoms with van der Waals surface area (Å²) in [5, 5.41) is 0. The quantitative estimate of drug-likeness (QED) is 0.670. The maximum atomic E-state index is 5.86. The molecule has 2 fully saturated rings. The fourth-order valence-electron chi connectivity index (χ4n) is 2.99.